The minimum absolute atomic E-state index is 0.290. The quantitative estimate of drug-likeness (QED) is 0.751. The number of rotatable bonds is 9. The molecule has 114 valence electrons. The van der Waals surface area contributed by atoms with E-state index in [4.69, 9.17) is 0 Å². The van der Waals surface area contributed by atoms with Crippen molar-refractivity contribution in [2.24, 2.45) is 11.3 Å². The van der Waals surface area contributed by atoms with E-state index in [9.17, 15) is 0 Å². The van der Waals surface area contributed by atoms with Gasteiger partial charge in [0.25, 0.3) is 0 Å². The minimum atomic E-state index is 0.290. The maximum Gasteiger partial charge on any atom is 0.0271 e. The number of hydrogen-bond acceptors (Lipinski definition) is 3. The third kappa shape index (κ3) is 7.01. The first kappa shape index (κ1) is 17.1. The average Bonchev–Trinajstić information content (AvgIpc) is 2.38. The molecule has 0 fully saturated rings. The zero-order valence-electron chi connectivity index (χ0n) is 13.8. The van der Waals surface area contributed by atoms with Crippen molar-refractivity contribution in [3.8, 4) is 0 Å². The van der Waals surface area contributed by atoms with Crippen LogP contribution in [0.5, 0.6) is 0 Å². The molecule has 0 aliphatic rings. The Morgan fingerprint density at radius 3 is 2.45 bits per heavy atom. The summed E-state index contributed by atoms with van der Waals surface area (Å²) in [6, 6.07) is 4.21. The van der Waals surface area contributed by atoms with Gasteiger partial charge in [0.05, 0.1) is 0 Å². The summed E-state index contributed by atoms with van der Waals surface area (Å²) in [5.74, 6) is 0.713. The van der Waals surface area contributed by atoms with Gasteiger partial charge in [0.2, 0.25) is 0 Å². The van der Waals surface area contributed by atoms with Crippen LogP contribution in [0.15, 0.2) is 24.5 Å². The van der Waals surface area contributed by atoms with E-state index in [1.807, 2.05) is 12.4 Å². The Kier molecular flexibility index (Phi) is 7.17. The Morgan fingerprint density at radius 1 is 1.25 bits per heavy atom. The summed E-state index contributed by atoms with van der Waals surface area (Å²) < 4.78 is 0. The van der Waals surface area contributed by atoms with E-state index in [1.54, 1.807) is 0 Å². The van der Waals surface area contributed by atoms with E-state index in [0.29, 0.717) is 5.92 Å². The number of pyridine rings is 1. The van der Waals surface area contributed by atoms with Crippen molar-refractivity contribution in [3.63, 3.8) is 0 Å². The molecule has 1 aromatic heterocycles. The SMILES string of the molecule is CCN(Cc1ccncc1)CC(C)(C)CNCC(C)C. The second-order valence-electron chi connectivity index (χ2n) is 6.85. The number of hydrogen-bond donors (Lipinski definition) is 1. The molecule has 3 heteroatoms. The largest absolute Gasteiger partial charge is 0.316 e. The topological polar surface area (TPSA) is 28.2 Å². The molecule has 1 heterocycles. The molecule has 0 spiro atoms. The zero-order chi connectivity index (χ0) is 15.0. The molecule has 0 saturated carbocycles. The summed E-state index contributed by atoms with van der Waals surface area (Å²) in [5.41, 5.74) is 1.63. The zero-order valence-corrected chi connectivity index (χ0v) is 13.8. The van der Waals surface area contributed by atoms with E-state index in [0.717, 1.165) is 32.7 Å². The lowest BCUT2D eigenvalue weighted by Gasteiger charge is -2.32. The van der Waals surface area contributed by atoms with Gasteiger partial charge in [0.1, 0.15) is 0 Å². The standard InChI is InChI=1S/C17H31N3/c1-6-20(12-16-7-9-18-10-8-16)14-17(4,5)13-19-11-15(2)3/h7-10,15,19H,6,11-14H2,1-5H3. The van der Waals surface area contributed by atoms with Gasteiger partial charge in [-0.1, -0.05) is 34.6 Å². The van der Waals surface area contributed by atoms with Gasteiger partial charge in [-0.05, 0) is 42.1 Å². The normalized spacial score (nSPS) is 12.3. The molecule has 0 aliphatic carbocycles. The third-order valence-electron chi connectivity index (χ3n) is 3.41. The fourth-order valence-corrected chi connectivity index (χ4v) is 2.39. The van der Waals surface area contributed by atoms with Crippen LogP contribution in [0.4, 0.5) is 0 Å². The van der Waals surface area contributed by atoms with Crippen molar-refractivity contribution < 1.29 is 0 Å². The summed E-state index contributed by atoms with van der Waals surface area (Å²) in [7, 11) is 0. The first-order valence-corrected chi connectivity index (χ1v) is 7.75. The fourth-order valence-electron chi connectivity index (χ4n) is 2.39. The Morgan fingerprint density at radius 2 is 1.90 bits per heavy atom. The van der Waals surface area contributed by atoms with Crippen LogP contribution < -0.4 is 5.32 Å². The van der Waals surface area contributed by atoms with E-state index in [-0.39, 0.29) is 5.41 Å². The highest BCUT2D eigenvalue weighted by Crippen LogP contribution is 2.17. The maximum atomic E-state index is 4.08. The molecule has 1 N–H and O–H groups in total. The summed E-state index contributed by atoms with van der Waals surface area (Å²) >= 11 is 0. The molecule has 0 bridgehead atoms. The lowest BCUT2D eigenvalue weighted by molar-refractivity contribution is 0.173. The highest BCUT2D eigenvalue weighted by molar-refractivity contribution is 5.09. The molecule has 0 amide bonds. The van der Waals surface area contributed by atoms with E-state index in [2.05, 4.69) is 62.0 Å². The summed E-state index contributed by atoms with van der Waals surface area (Å²) in [6.45, 7) is 16.8. The number of aromatic nitrogens is 1. The average molecular weight is 277 g/mol. The smallest absolute Gasteiger partial charge is 0.0271 e. The molecule has 0 atom stereocenters. The van der Waals surface area contributed by atoms with Gasteiger partial charge in [-0.3, -0.25) is 9.88 Å². The highest BCUT2D eigenvalue weighted by atomic mass is 15.1. The van der Waals surface area contributed by atoms with Crippen molar-refractivity contribution >= 4 is 0 Å². The van der Waals surface area contributed by atoms with Crippen molar-refractivity contribution in [2.45, 2.75) is 41.2 Å². The van der Waals surface area contributed by atoms with Crippen molar-refractivity contribution in [3.05, 3.63) is 30.1 Å². The Balaban J connectivity index is 2.45. The number of nitrogens with zero attached hydrogens (tertiary/aromatic N) is 2. The third-order valence-corrected chi connectivity index (χ3v) is 3.41. The van der Waals surface area contributed by atoms with E-state index in [1.165, 1.54) is 5.56 Å². The van der Waals surface area contributed by atoms with Gasteiger partial charge < -0.3 is 5.32 Å². The molecular weight excluding hydrogens is 246 g/mol. The molecule has 0 radical (unpaired) electrons. The van der Waals surface area contributed by atoms with Crippen LogP contribution in [-0.4, -0.2) is 36.1 Å². The molecule has 3 nitrogen and oxygen atoms in total. The minimum Gasteiger partial charge on any atom is -0.316 e. The summed E-state index contributed by atoms with van der Waals surface area (Å²) in [6.07, 6.45) is 3.75. The number of nitrogens with one attached hydrogen (secondary N) is 1. The Bertz CT molecular complexity index is 360. The predicted octanol–water partition coefficient (Wildman–Crippen LogP) is 3.18. The van der Waals surface area contributed by atoms with Gasteiger partial charge in [0.15, 0.2) is 0 Å². The van der Waals surface area contributed by atoms with E-state index >= 15 is 0 Å². The second kappa shape index (κ2) is 8.38. The van der Waals surface area contributed by atoms with Crippen LogP contribution in [0.25, 0.3) is 0 Å². The van der Waals surface area contributed by atoms with Gasteiger partial charge in [-0.2, -0.15) is 0 Å². The maximum absolute atomic E-state index is 4.08. The Hall–Kier alpha value is -0.930. The monoisotopic (exact) mass is 277 g/mol. The summed E-state index contributed by atoms with van der Waals surface area (Å²) in [5, 5.41) is 3.58. The summed E-state index contributed by atoms with van der Waals surface area (Å²) in [4.78, 5) is 6.59. The lowest BCUT2D eigenvalue weighted by Crippen LogP contribution is -2.41. The molecule has 0 unspecified atom stereocenters. The van der Waals surface area contributed by atoms with Crippen LogP contribution in [0.1, 0.15) is 40.2 Å². The van der Waals surface area contributed by atoms with Crippen molar-refractivity contribution in [1.29, 1.82) is 0 Å². The highest BCUT2D eigenvalue weighted by Gasteiger charge is 2.21. The van der Waals surface area contributed by atoms with Crippen LogP contribution in [-0.2, 0) is 6.54 Å². The molecule has 0 saturated heterocycles. The van der Waals surface area contributed by atoms with Crippen LogP contribution in [0.2, 0.25) is 0 Å². The van der Waals surface area contributed by atoms with Crippen molar-refractivity contribution in [1.82, 2.24) is 15.2 Å². The molecule has 20 heavy (non-hydrogen) atoms. The van der Waals surface area contributed by atoms with Gasteiger partial charge >= 0.3 is 0 Å². The van der Waals surface area contributed by atoms with Crippen LogP contribution >= 0.6 is 0 Å². The first-order chi connectivity index (χ1) is 9.43. The van der Waals surface area contributed by atoms with Crippen LogP contribution in [0, 0.1) is 11.3 Å². The predicted molar refractivity (Wildman–Crippen MR) is 86.7 cm³/mol. The molecule has 0 aliphatic heterocycles. The second-order valence-corrected chi connectivity index (χ2v) is 6.85. The molecule has 1 rings (SSSR count). The van der Waals surface area contributed by atoms with Crippen molar-refractivity contribution in [2.75, 3.05) is 26.2 Å². The fraction of sp³-hybridized carbons (Fsp3) is 0.706. The van der Waals surface area contributed by atoms with Gasteiger partial charge in [-0.25, -0.2) is 0 Å². The molecule has 1 aromatic rings. The molecule has 0 aromatic carbocycles. The lowest BCUT2D eigenvalue weighted by atomic mass is 9.92. The van der Waals surface area contributed by atoms with E-state index < -0.39 is 0 Å². The molecular formula is C17H31N3. The van der Waals surface area contributed by atoms with Gasteiger partial charge in [0, 0.05) is 32.0 Å². The Labute approximate surface area is 124 Å². The van der Waals surface area contributed by atoms with Gasteiger partial charge in [-0.15, -0.1) is 0 Å². The first-order valence-electron chi connectivity index (χ1n) is 7.75. The van der Waals surface area contributed by atoms with Crippen LogP contribution in [0.3, 0.4) is 0 Å².